The SMILES string of the molecule is CNc1ccccc1C(=O)Nc1ccccc1C(C)C. The van der Waals surface area contributed by atoms with E-state index in [1.54, 1.807) is 0 Å². The summed E-state index contributed by atoms with van der Waals surface area (Å²) < 4.78 is 0. The topological polar surface area (TPSA) is 41.1 Å². The van der Waals surface area contributed by atoms with E-state index in [-0.39, 0.29) is 5.91 Å². The first-order chi connectivity index (χ1) is 9.63. The molecule has 0 saturated heterocycles. The van der Waals surface area contributed by atoms with Crippen molar-refractivity contribution in [2.45, 2.75) is 19.8 Å². The molecule has 0 heterocycles. The smallest absolute Gasteiger partial charge is 0.257 e. The fraction of sp³-hybridized carbons (Fsp3) is 0.235. The quantitative estimate of drug-likeness (QED) is 0.876. The van der Waals surface area contributed by atoms with E-state index >= 15 is 0 Å². The molecule has 0 spiro atoms. The third kappa shape index (κ3) is 2.99. The van der Waals surface area contributed by atoms with Gasteiger partial charge in [0, 0.05) is 18.4 Å². The summed E-state index contributed by atoms with van der Waals surface area (Å²) >= 11 is 0. The van der Waals surface area contributed by atoms with Crippen LogP contribution in [0, 0.1) is 0 Å². The summed E-state index contributed by atoms with van der Waals surface area (Å²) in [5, 5.41) is 6.04. The molecule has 3 heteroatoms. The Morgan fingerprint density at radius 1 is 0.950 bits per heavy atom. The van der Waals surface area contributed by atoms with Gasteiger partial charge in [0.05, 0.1) is 5.56 Å². The lowest BCUT2D eigenvalue weighted by Crippen LogP contribution is -2.15. The minimum Gasteiger partial charge on any atom is -0.387 e. The minimum absolute atomic E-state index is 0.0944. The number of amides is 1. The van der Waals surface area contributed by atoms with Gasteiger partial charge in [-0.25, -0.2) is 0 Å². The number of hydrogen-bond donors (Lipinski definition) is 2. The monoisotopic (exact) mass is 268 g/mol. The number of carbonyl (C=O) groups excluding carboxylic acids is 1. The van der Waals surface area contributed by atoms with Crippen LogP contribution in [-0.4, -0.2) is 13.0 Å². The summed E-state index contributed by atoms with van der Waals surface area (Å²) in [6.07, 6.45) is 0. The Kier molecular flexibility index (Phi) is 4.41. The van der Waals surface area contributed by atoms with E-state index < -0.39 is 0 Å². The molecule has 0 aliphatic carbocycles. The van der Waals surface area contributed by atoms with Crippen LogP contribution >= 0.6 is 0 Å². The van der Waals surface area contributed by atoms with Crippen molar-refractivity contribution in [2.75, 3.05) is 17.7 Å². The van der Waals surface area contributed by atoms with E-state index in [9.17, 15) is 4.79 Å². The average Bonchev–Trinajstić information content (AvgIpc) is 2.47. The van der Waals surface area contributed by atoms with Crippen LogP contribution < -0.4 is 10.6 Å². The lowest BCUT2D eigenvalue weighted by atomic mass is 10.0. The number of hydrogen-bond acceptors (Lipinski definition) is 2. The van der Waals surface area contributed by atoms with Crippen LogP contribution in [0.4, 0.5) is 11.4 Å². The molecule has 1 amide bonds. The predicted octanol–water partition coefficient (Wildman–Crippen LogP) is 4.10. The summed E-state index contributed by atoms with van der Waals surface area (Å²) in [4.78, 5) is 12.4. The summed E-state index contributed by atoms with van der Waals surface area (Å²) in [7, 11) is 1.81. The molecule has 2 aromatic rings. The zero-order valence-corrected chi connectivity index (χ0v) is 12.1. The molecule has 0 fully saturated rings. The van der Waals surface area contributed by atoms with E-state index in [4.69, 9.17) is 0 Å². The first-order valence-electron chi connectivity index (χ1n) is 6.80. The van der Waals surface area contributed by atoms with Crippen molar-refractivity contribution in [3.05, 3.63) is 59.7 Å². The molecular formula is C17H20N2O. The molecule has 0 atom stereocenters. The Hall–Kier alpha value is -2.29. The molecule has 0 aliphatic heterocycles. The highest BCUT2D eigenvalue weighted by atomic mass is 16.1. The second-order valence-corrected chi connectivity index (χ2v) is 4.99. The fourth-order valence-electron chi connectivity index (χ4n) is 2.20. The Bertz CT molecular complexity index is 605. The van der Waals surface area contributed by atoms with Crippen LogP contribution in [0.3, 0.4) is 0 Å². The average molecular weight is 268 g/mol. The van der Waals surface area contributed by atoms with Crippen LogP contribution in [0.15, 0.2) is 48.5 Å². The van der Waals surface area contributed by atoms with Gasteiger partial charge in [-0.3, -0.25) is 4.79 Å². The highest BCUT2D eigenvalue weighted by Gasteiger charge is 2.13. The molecule has 0 radical (unpaired) electrons. The molecule has 0 aliphatic rings. The number of para-hydroxylation sites is 2. The first kappa shape index (κ1) is 14.1. The van der Waals surface area contributed by atoms with Gasteiger partial charge in [0.2, 0.25) is 0 Å². The van der Waals surface area contributed by atoms with E-state index in [2.05, 4.69) is 24.5 Å². The van der Waals surface area contributed by atoms with Gasteiger partial charge in [-0.1, -0.05) is 44.2 Å². The van der Waals surface area contributed by atoms with Gasteiger partial charge in [-0.15, -0.1) is 0 Å². The van der Waals surface area contributed by atoms with Crippen LogP contribution in [0.5, 0.6) is 0 Å². The molecule has 20 heavy (non-hydrogen) atoms. The summed E-state index contributed by atoms with van der Waals surface area (Å²) in [6, 6.07) is 15.4. The van der Waals surface area contributed by atoms with Crippen LogP contribution in [0.2, 0.25) is 0 Å². The molecule has 2 N–H and O–H groups in total. The summed E-state index contributed by atoms with van der Waals surface area (Å²) in [5.41, 5.74) is 3.49. The van der Waals surface area contributed by atoms with Gasteiger partial charge in [-0.05, 0) is 29.7 Å². The molecule has 3 nitrogen and oxygen atoms in total. The van der Waals surface area contributed by atoms with Crippen LogP contribution in [0.25, 0.3) is 0 Å². The van der Waals surface area contributed by atoms with Crippen molar-refractivity contribution in [2.24, 2.45) is 0 Å². The van der Waals surface area contributed by atoms with Gasteiger partial charge in [-0.2, -0.15) is 0 Å². The van der Waals surface area contributed by atoms with Gasteiger partial charge in [0.15, 0.2) is 0 Å². The predicted molar refractivity (Wildman–Crippen MR) is 84.5 cm³/mol. The van der Waals surface area contributed by atoms with E-state index in [1.165, 1.54) is 0 Å². The Morgan fingerprint density at radius 2 is 1.55 bits per heavy atom. The lowest BCUT2D eigenvalue weighted by Gasteiger charge is -2.15. The third-order valence-electron chi connectivity index (χ3n) is 3.27. The molecule has 0 unspecified atom stereocenters. The Morgan fingerprint density at radius 3 is 2.20 bits per heavy atom. The van der Waals surface area contributed by atoms with E-state index in [0.717, 1.165) is 16.9 Å². The van der Waals surface area contributed by atoms with Gasteiger partial charge >= 0.3 is 0 Å². The maximum absolute atomic E-state index is 12.4. The van der Waals surface area contributed by atoms with Crippen LogP contribution in [0.1, 0.15) is 35.7 Å². The van der Waals surface area contributed by atoms with E-state index in [1.807, 2.05) is 55.6 Å². The molecular weight excluding hydrogens is 248 g/mol. The number of anilines is 2. The number of carbonyl (C=O) groups is 1. The number of rotatable bonds is 4. The number of benzene rings is 2. The molecule has 104 valence electrons. The van der Waals surface area contributed by atoms with Gasteiger partial charge in [0.25, 0.3) is 5.91 Å². The molecule has 0 aromatic heterocycles. The fourth-order valence-corrected chi connectivity index (χ4v) is 2.20. The zero-order chi connectivity index (χ0) is 14.5. The summed E-state index contributed by atoms with van der Waals surface area (Å²) in [5.74, 6) is 0.272. The standard InChI is InChI=1S/C17H20N2O/c1-12(2)13-8-4-7-11-16(13)19-17(20)14-9-5-6-10-15(14)18-3/h4-12,18H,1-3H3,(H,19,20). The van der Waals surface area contributed by atoms with Crippen molar-refractivity contribution in [3.8, 4) is 0 Å². The van der Waals surface area contributed by atoms with Crippen molar-refractivity contribution >= 4 is 17.3 Å². The van der Waals surface area contributed by atoms with Crippen molar-refractivity contribution in [3.63, 3.8) is 0 Å². The molecule has 0 saturated carbocycles. The zero-order valence-electron chi connectivity index (χ0n) is 12.1. The highest BCUT2D eigenvalue weighted by molar-refractivity contribution is 6.08. The highest BCUT2D eigenvalue weighted by Crippen LogP contribution is 2.25. The van der Waals surface area contributed by atoms with Gasteiger partial charge in [0.1, 0.15) is 0 Å². The molecule has 0 bridgehead atoms. The molecule has 2 aromatic carbocycles. The maximum atomic E-state index is 12.4. The van der Waals surface area contributed by atoms with Crippen LogP contribution in [-0.2, 0) is 0 Å². The second-order valence-electron chi connectivity index (χ2n) is 4.99. The minimum atomic E-state index is -0.0944. The van der Waals surface area contributed by atoms with Crippen molar-refractivity contribution < 1.29 is 4.79 Å². The van der Waals surface area contributed by atoms with E-state index in [0.29, 0.717) is 11.5 Å². The molecule has 2 rings (SSSR count). The first-order valence-corrected chi connectivity index (χ1v) is 6.80. The second kappa shape index (κ2) is 6.24. The maximum Gasteiger partial charge on any atom is 0.257 e. The summed E-state index contributed by atoms with van der Waals surface area (Å²) in [6.45, 7) is 4.24. The Balaban J connectivity index is 2.28. The van der Waals surface area contributed by atoms with Gasteiger partial charge < -0.3 is 10.6 Å². The number of nitrogens with one attached hydrogen (secondary N) is 2. The Labute approximate surface area is 120 Å². The van der Waals surface area contributed by atoms with Crippen molar-refractivity contribution in [1.29, 1.82) is 0 Å². The third-order valence-corrected chi connectivity index (χ3v) is 3.27. The van der Waals surface area contributed by atoms with Crippen molar-refractivity contribution in [1.82, 2.24) is 0 Å². The lowest BCUT2D eigenvalue weighted by molar-refractivity contribution is 0.102. The normalized spacial score (nSPS) is 10.4. The largest absolute Gasteiger partial charge is 0.387 e.